The van der Waals surface area contributed by atoms with E-state index in [4.69, 9.17) is 23.8 Å². The lowest BCUT2D eigenvalue weighted by atomic mass is 9.97. The second-order valence-electron chi connectivity index (χ2n) is 13.2. The first-order valence-corrected chi connectivity index (χ1v) is 17.3. The highest BCUT2D eigenvalue weighted by molar-refractivity contribution is 6.19. The highest BCUT2D eigenvalue weighted by Gasteiger charge is 2.19. The molecule has 5 nitrogen and oxygen atoms in total. The minimum Gasteiger partial charge on any atom is -0.456 e. The summed E-state index contributed by atoms with van der Waals surface area (Å²) in [5.74, 6) is 1.79. The molecule has 0 spiro atoms. The normalized spacial score (nSPS) is 11.8. The molecule has 0 aliphatic heterocycles. The number of aromatic nitrogens is 3. The van der Waals surface area contributed by atoms with Crippen molar-refractivity contribution in [2.75, 3.05) is 0 Å². The van der Waals surface area contributed by atoms with Gasteiger partial charge in [-0.2, -0.15) is 0 Å². The quantitative estimate of drug-likeness (QED) is 0.187. The molecule has 0 bridgehead atoms. The van der Waals surface area contributed by atoms with E-state index >= 15 is 0 Å². The third-order valence-corrected chi connectivity index (χ3v) is 10.1. The van der Waals surface area contributed by atoms with Gasteiger partial charge in [-0.25, -0.2) is 15.0 Å². The smallest absolute Gasteiger partial charge is 0.164 e. The zero-order valence-corrected chi connectivity index (χ0v) is 27.7. The standard InChI is InChI=1S/C47H27N3O2/c1-2-11-33-28(9-1)10-7-14-34(33)29-19-21-30(22-20-29)45-48-46(50-47(49-45)38-15-8-18-41-44(38)37-13-4-6-17-40(37)51-41)32-23-25-35-31(27-32)24-26-42-43(35)36-12-3-5-16-39(36)52-42/h1-27H. The number of furan rings is 2. The Morgan fingerprint density at radius 3 is 1.67 bits per heavy atom. The summed E-state index contributed by atoms with van der Waals surface area (Å²) in [4.78, 5) is 15.4. The van der Waals surface area contributed by atoms with Crippen molar-refractivity contribution in [3.63, 3.8) is 0 Å². The van der Waals surface area contributed by atoms with Gasteiger partial charge >= 0.3 is 0 Å². The van der Waals surface area contributed by atoms with Crippen LogP contribution in [-0.4, -0.2) is 15.0 Å². The Morgan fingerprint density at radius 2 is 0.865 bits per heavy atom. The van der Waals surface area contributed by atoms with E-state index < -0.39 is 0 Å². The molecule has 3 aromatic heterocycles. The first kappa shape index (κ1) is 28.7. The lowest BCUT2D eigenvalue weighted by Gasteiger charge is -2.11. The van der Waals surface area contributed by atoms with Gasteiger partial charge in [0.15, 0.2) is 17.5 Å². The van der Waals surface area contributed by atoms with Crippen LogP contribution in [0.25, 0.3) is 111 Å². The molecular formula is C47H27N3O2. The van der Waals surface area contributed by atoms with Crippen LogP contribution in [0.1, 0.15) is 0 Å². The van der Waals surface area contributed by atoms with Crippen molar-refractivity contribution in [3.05, 3.63) is 164 Å². The summed E-state index contributed by atoms with van der Waals surface area (Å²) in [6.07, 6.45) is 0. The molecule has 242 valence electrons. The van der Waals surface area contributed by atoms with Gasteiger partial charge in [-0.1, -0.05) is 133 Å². The van der Waals surface area contributed by atoms with Crippen molar-refractivity contribution in [2.45, 2.75) is 0 Å². The second-order valence-corrected chi connectivity index (χ2v) is 13.2. The molecule has 0 fully saturated rings. The van der Waals surface area contributed by atoms with E-state index in [-0.39, 0.29) is 0 Å². The Hall–Kier alpha value is -7.11. The van der Waals surface area contributed by atoms with Gasteiger partial charge in [0, 0.05) is 38.2 Å². The number of rotatable bonds is 4. The van der Waals surface area contributed by atoms with Crippen LogP contribution in [-0.2, 0) is 0 Å². The van der Waals surface area contributed by atoms with Crippen molar-refractivity contribution in [1.82, 2.24) is 15.0 Å². The number of benzene rings is 8. The molecule has 0 aliphatic carbocycles. The van der Waals surface area contributed by atoms with Crippen LogP contribution in [0.2, 0.25) is 0 Å². The molecule has 3 heterocycles. The lowest BCUT2D eigenvalue weighted by Crippen LogP contribution is -2.00. The van der Waals surface area contributed by atoms with Crippen LogP contribution in [0, 0.1) is 0 Å². The second kappa shape index (κ2) is 11.2. The summed E-state index contributed by atoms with van der Waals surface area (Å²) in [7, 11) is 0. The first-order chi connectivity index (χ1) is 25.7. The molecule has 11 rings (SSSR count). The SMILES string of the molecule is c1ccc2c(-c3ccc(-c4nc(-c5ccc6c(ccc7oc8ccccc8c76)c5)nc(-c5cccc6oc7ccccc7c56)n4)cc3)cccc2c1. The first-order valence-electron chi connectivity index (χ1n) is 17.3. The number of hydrogen-bond donors (Lipinski definition) is 0. The molecule has 0 radical (unpaired) electrons. The fraction of sp³-hybridized carbons (Fsp3) is 0. The Balaban J connectivity index is 1.10. The molecule has 11 aromatic rings. The van der Waals surface area contributed by atoms with Gasteiger partial charge in [0.25, 0.3) is 0 Å². The number of para-hydroxylation sites is 2. The highest BCUT2D eigenvalue weighted by Crippen LogP contribution is 2.39. The third-order valence-electron chi connectivity index (χ3n) is 10.1. The number of nitrogens with zero attached hydrogens (tertiary/aromatic N) is 3. The van der Waals surface area contributed by atoms with Gasteiger partial charge in [-0.15, -0.1) is 0 Å². The minimum atomic E-state index is 0.590. The van der Waals surface area contributed by atoms with Gasteiger partial charge in [-0.05, 0) is 63.0 Å². The topological polar surface area (TPSA) is 65.0 Å². The Morgan fingerprint density at radius 1 is 0.308 bits per heavy atom. The Labute approximate surface area is 297 Å². The monoisotopic (exact) mass is 665 g/mol. The molecule has 0 saturated carbocycles. The summed E-state index contributed by atoms with van der Waals surface area (Å²) in [5, 5.41) is 8.88. The summed E-state index contributed by atoms with van der Waals surface area (Å²) >= 11 is 0. The van der Waals surface area contributed by atoms with Crippen molar-refractivity contribution in [2.24, 2.45) is 0 Å². The molecule has 5 heteroatoms. The van der Waals surface area contributed by atoms with Crippen LogP contribution in [0.4, 0.5) is 0 Å². The number of fused-ring (bicyclic) bond motifs is 9. The molecule has 0 unspecified atom stereocenters. The van der Waals surface area contributed by atoms with E-state index in [2.05, 4.69) is 115 Å². The van der Waals surface area contributed by atoms with Crippen molar-refractivity contribution in [1.29, 1.82) is 0 Å². The Bertz CT molecular complexity index is 3190. The molecule has 0 saturated heterocycles. The van der Waals surface area contributed by atoms with E-state index in [0.29, 0.717) is 17.5 Å². The van der Waals surface area contributed by atoms with Crippen molar-refractivity contribution < 1.29 is 8.83 Å². The lowest BCUT2D eigenvalue weighted by molar-refractivity contribution is 0.668. The molecule has 0 atom stereocenters. The number of hydrogen-bond acceptors (Lipinski definition) is 5. The largest absolute Gasteiger partial charge is 0.456 e. The van der Waals surface area contributed by atoms with Crippen molar-refractivity contribution in [3.8, 4) is 45.3 Å². The van der Waals surface area contributed by atoms with Gasteiger partial charge in [0.1, 0.15) is 22.3 Å². The predicted molar refractivity (Wildman–Crippen MR) is 211 cm³/mol. The van der Waals surface area contributed by atoms with Crippen LogP contribution < -0.4 is 0 Å². The van der Waals surface area contributed by atoms with E-state index in [1.165, 1.54) is 16.3 Å². The molecular weight excluding hydrogens is 639 g/mol. The van der Waals surface area contributed by atoms with Gasteiger partial charge in [0.2, 0.25) is 0 Å². The average Bonchev–Trinajstić information content (AvgIpc) is 3.79. The molecule has 0 aliphatic rings. The molecule has 0 N–H and O–H groups in total. The van der Waals surface area contributed by atoms with Gasteiger partial charge in [0.05, 0.1) is 0 Å². The fourth-order valence-electron chi connectivity index (χ4n) is 7.68. The van der Waals surface area contributed by atoms with Crippen LogP contribution in [0.15, 0.2) is 173 Å². The maximum Gasteiger partial charge on any atom is 0.164 e. The maximum atomic E-state index is 6.26. The summed E-state index contributed by atoms with van der Waals surface area (Å²) in [6, 6.07) is 56.4. The van der Waals surface area contributed by atoms with Gasteiger partial charge in [-0.3, -0.25) is 0 Å². The summed E-state index contributed by atoms with van der Waals surface area (Å²) in [5.41, 5.74) is 8.42. The third kappa shape index (κ3) is 4.46. The molecule has 0 amide bonds. The Kier molecular flexibility index (Phi) is 6.18. The van der Waals surface area contributed by atoms with Crippen LogP contribution in [0.5, 0.6) is 0 Å². The average molecular weight is 666 g/mol. The predicted octanol–water partition coefficient (Wildman–Crippen LogP) is 12.6. The fourth-order valence-corrected chi connectivity index (χ4v) is 7.68. The highest BCUT2D eigenvalue weighted by atomic mass is 16.3. The van der Waals surface area contributed by atoms with Gasteiger partial charge < -0.3 is 8.83 Å². The van der Waals surface area contributed by atoms with Crippen molar-refractivity contribution >= 4 is 65.4 Å². The van der Waals surface area contributed by atoms with E-state index in [1.54, 1.807) is 0 Å². The summed E-state index contributed by atoms with van der Waals surface area (Å²) in [6.45, 7) is 0. The zero-order valence-electron chi connectivity index (χ0n) is 27.7. The maximum absolute atomic E-state index is 6.26. The van der Waals surface area contributed by atoms with E-state index in [0.717, 1.165) is 76.9 Å². The zero-order chi connectivity index (χ0) is 34.2. The minimum absolute atomic E-state index is 0.590. The van der Waals surface area contributed by atoms with E-state index in [1.807, 2.05) is 48.5 Å². The van der Waals surface area contributed by atoms with Crippen LogP contribution >= 0.6 is 0 Å². The van der Waals surface area contributed by atoms with Crippen LogP contribution in [0.3, 0.4) is 0 Å². The summed E-state index contributed by atoms with van der Waals surface area (Å²) < 4.78 is 12.4. The molecule has 8 aromatic carbocycles. The molecule has 52 heavy (non-hydrogen) atoms. The van der Waals surface area contributed by atoms with E-state index in [9.17, 15) is 0 Å².